The number of hydrogen-bond donors (Lipinski definition) is 2. The number of aromatic nitrogens is 3. The molecule has 0 saturated carbocycles. The Morgan fingerprint density at radius 2 is 1.81 bits per heavy atom. The number of nitrogens with one attached hydrogen (secondary N) is 2. The highest BCUT2D eigenvalue weighted by atomic mass is 16.1. The van der Waals surface area contributed by atoms with Crippen molar-refractivity contribution in [3.8, 4) is 0 Å². The van der Waals surface area contributed by atoms with Gasteiger partial charge in [-0.25, -0.2) is 15.0 Å². The maximum Gasteiger partial charge on any atom is 0.270 e. The minimum Gasteiger partial charge on any atom is -0.348 e. The van der Waals surface area contributed by atoms with E-state index in [9.17, 15) is 4.79 Å². The second kappa shape index (κ2) is 7.95. The van der Waals surface area contributed by atoms with Crippen molar-refractivity contribution in [1.82, 2.24) is 25.6 Å². The van der Waals surface area contributed by atoms with Crippen molar-refractivity contribution in [1.29, 1.82) is 0 Å². The first-order valence-corrected chi connectivity index (χ1v) is 9.70. The minimum atomic E-state index is -0.115. The normalized spacial score (nSPS) is 19.3. The molecule has 2 fully saturated rings. The zero-order chi connectivity index (χ0) is 17.8. The van der Waals surface area contributed by atoms with Gasteiger partial charge < -0.3 is 15.5 Å². The van der Waals surface area contributed by atoms with Crippen molar-refractivity contribution in [3.63, 3.8) is 0 Å². The SMILES string of the molecule is O=C(NC1CCNCC1)c1ccc2nc(N3CCCCCC3)ncc2n1. The second-order valence-electron chi connectivity index (χ2n) is 7.17. The van der Waals surface area contributed by atoms with E-state index in [1.165, 1.54) is 25.7 Å². The van der Waals surface area contributed by atoms with Crippen LogP contribution in [-0.4, -0.2) is 53.1 Å². The minimum absolute atomic E-state index is 0.115. The zero-order valence-electron chi connectivity index (χ0n) is 15.1. The van der Waals surface area contributed by atoms with Crippen molar-refractivity contribution >= 4 is 22.9 Å². The van der Waals surface area contributed by atoms with E-state index in [1.54, 1.807) is 12.3 Å². The molecule has 0 atom stereocenters. The van der Waals surface area contributed by atoms with E-state index in [0.29, 0.717) is 11.2 Å². The molecule has 2 N–H and O–H groups in total. The summed E-state index contributed by atoms with van der Waals surface area (Å²) in [7, 11) is 0. The van der Waals surface area contributed by atoms with Crippen LogP contribution in [0.2, 0.25) is 0 Å². The van der Waals surface area contributed by atoms with E-state index >= 15 is 0 Å². The van der Waals surface area contributed by atoms with E-state index in [4.69, 9.17) is 0 Å². The van der Waals surface area contributed by atoms with Gasteiger partial charge >= 0.3 is 0 Å². The lowest BCUT2D eigenvalue weighted by Crippen LogP contribution is -2.42. The number of anilines is 1. The number of carbonyl (C=O) groups excluding carboxylic acids is 1. The summed E-state index contributed by atoms with van der Waals surface area (Å²) in [4.78, 5) is 28.4. The van der Waals surface area contributed by atoms with Gasteiger partial charge in [0.25, 0.3) is 5.91 Å². The standard InChI is InChI=1S/C19H26N6O/c26-18(22-14-7-9-20-10-8-14)16-6-5-15-17(23-16)13-21-19(24-15)25-11-3-1-2-4-12-25/h5-6,13-14,20H,1-4,7-12H2,(H,22,26). The highest BCUT2D eigenvalue weighted by Crippen LogP contribution is 2.18. The summed E-state index contributed by atoms with van der Waals surface area (Å²) in [6.45, 7) is 3.91. The van der Waals surface area contributed by atoms with E-state index in [2.05, 4.69) is 30.5 Å². The van der Waals surface area contributed by atoms with Crippen LogP contribution < -0.4 is 15.5 Å². The summed E-state index contributed by atoms with van der Waals surface area (Å²) in [5.41, 5.74) is 1.89. The number of piperidine rings is 1. The summed E-state index contributed by atoms with van der Waals surface area (Å²) in [5.74, 6) is 0.656. The Labute approximate surface area is 153 Å². The molecule has 7 nitrogen and oxygen atoms in total. The number of carbonyl (C=O) groups is 1. The fourth-order valence-electron chi connectivity index (χ4n) is 3.69. The van der Waals surface area contributed by atoms with Gasteiger partial charge in [-0.2, -0.15) is 0 Å². The van der Waals surface area contributed by atoms with Crippen molar-refractivity contribution in [2.45, 2.75) is 44.6 Å². The molecule has 0 aliphatic carbocycles. The summed E-state index contributed by atoms with van der Waals surface area (Å²) < 4.78 is 0. The van der Waals surface area contributed by atoms with Crippen LogP contribution in [0.3, 0.4) is 0 Å². The summed E-state index contributed by atoms with van der Waals surface area (Å²) in [6.07, 6.45) is 8.60. The molecule has 2 aliphatic heterocycles. The highest BCUT2D eigenvalue weighted by molar-refractivity contribution is 5.94. The molecule has 0 radical (unpaired) electrons. The highest BCUT2D eigenvalue weighted by Gasteiger charge is 2.18. The Hall–Kier alpha value is -2.28. The lowest BCUT2D eigenvalue weighted by molar-refractivity contribution is 0.0925. The summed E-state index contributed by atoms with van der Waals surface area (Å²) in [6, 6.07) is 3.86. The largest absolute Gasteiger partial charge is 0.348 e. The molecule has 1 amide bonds. The average Bonchev–Trinajstić information content (AvgIpc) is 2.97. The quantitative estimate of drug-likeness (QED) is 0.876. The van der Waals surface area contributed by atoms with Crippen LogP contribution in [0.5, 0.6) is 0 Å². The smallest absolute Gasteiger partial charge is 0.270 e. The van der Waals surface area contributed by atoms with Gasteiger partial charge in [0, 0.05) is 19.1 Å². The van der Waals surface area contributed by atoms with Crippen LogP contribution in [0.25, 0.3) is 11.0 Å². The first-order chi connectivity index (χ1) is 12.8. The molecule has 0 spiro atoms. The summed E-state index contributed by atoms with van der Waals surface area (Å²) >= 11 is 0. The monoisotopic (exact) mass is 354 g/mol. The van der Waals surface area contributed by atoms with Gasteiger partial charge in [0.05, 0.1) is 11.7 Å². The molecular formula is C19H26N6O. The molecule has 2 aromatic heterocycles. The molecule has 2 aromatic rings. The van der Waals surface area contributed by atoms with Gasteiger partial charge in [-0.3, -0.25) is 4.79 Å². The van der Waals surface area contributed by atoms with Crippen molar-refractivity contribution in [2.24, 2.45) is 0 Å². The molecule has 2 saturated heterocycles. The van der Waals surface area contributed by atoms with E-state index in [0.717, 1.165) is 50.5 Å². The number of amides is 1. The fourth-order valence-corrected chi connectivity index (χ4v) is 3.69. The van der Waals surface area contributed by atoms with Gasteiger partial charge in [0.2, 0.25) is 5.95 Å². The number of pyridine rings is 1. The van der Waals surface area contributed by atoms with Crippen LogP contribution in [-0.2, 0) is 0 Å². The second-order valence-corrected chi connectivity index (χ2v) is 7.17. The third kappa shape index (κ3) is 3.93. The molecule has 4 rings (SSSR count). The maximum atomic E-state index is 12.5. The third-order valence-electron chi connectivity index (χ3n) is 5.22. The lowest BCUT2D eigenvalue weighted by atomic mass is 10.1. The third-order valence-corrected chi connectivity index (χ3v) is 5.22. The Morgan fingerprint density at radius 1 is 1.04 bits per heavy atom. The fraction of sp³-hybridized carbons (Fsp3) is 0.579. The molecule has 0 unspecified atom stereocenters. The number of nitrogens with zero attached hydrogens (tertiary/aromatic N) is 4. The van der Waals surface area contributed by atoms with Crippen LogP contribution in [0.4, 0.5) is 5.95 Å². The molecule has 7 heteroatoms. The van der Waals surface area contributed by atoms with Crippen LogP contribution in [0.15, 0.2) is 18.3 Å². The molecule has 138 valence electrons. The maximum absolute atomic E-state index is 12.5. The van der Waals surface area contributed by atoms with Crippen LogP contribution >= 0.6 is 0 Å². The van der Waals surface area contributed by atoms with Crippen molar-refractivity contribution < 1.29 is 4.79 Å². The number of rotatable bonds is 3. The first-order valence-electron chi connectivity index (χ1n) is 9.70. The van der Waals surface area contributed by atoms with Crippen molar-refractivity contribution in [3.05, 3.63) is 24.0 Å². The molecular weight excluding hydrogens is 328 g/mol. The predicted molar refractivity (Wildman–Crippen MR) is 101 cm³/mol. The van der Waals surface area contributed by atoms with Gasteiger partial charge in [0.1, 0.15) is 11.2 Å². The van der Waals surface area contributed by atoms with Crippen LogP contribution in [0.1, 0.15) is 49.0 Å². The predicted octanol–water partition coefficient (Wildman–Crippen LogP) is 1.89. The van der Waals surface area contributed by atoms with E-state index in [-0.39, 0.29) is 11.9 Å². The zero-order valence-corrected chi connectivity index (χ0v) is 15.1. The van der Waals surface area contributed by atoms with Gasteiger partial charge in [0.15, 0.2) is 0 Å². The summed E-state index contributed by atoms with van der Waals surface area (Å²) in [5, 5.41) is 6.38. The number of fused-ring (bicyclic) bond motifs is 1. The topological polar surface area (TPSA) is 83.0 Å². The molecule has 0 bridgehead atoms. The molecule has 2 aliphatic rings. The van der Waals surface area contributed by atoms with E-state index in [1.807, 2.05) is 6.07 Å². The number of hydrogen-bond acceptors (Lipinski definition) is 6. The molecule has 0 aromatic carbocycles. The Kier molecular flexibility index (Phi) is 5.24. The van der Waals surface area contributed by atoms with Gasteiger partial charge in [-0.05, 0) is 50.9 Å². The van der Waals surface area contributed by atoms with E-state index < -0.39 is 0 Å². The van der Waals surface area contributed by atoms with Gasteiger partial charge in [-0.1, -0.05) is 12.8 Å². The Bertz CT molecular complexity index is 766. The van der Waals surface area contributed by atoms with Crippen LogP contribution in [0, 0.1) is 0 Å². The van der Waals surface area contributed by atoms with Crippen molar-refractivity contribution in [2.75, 3.05) is 31.1 Å². The average molecular weight is 354 g/mol. The Morgan fingerprint density at radius 3 is 2.58 bits per heavy atom. The molecule has 4 heterocycles. The van der Waals surface area contributed by atoms with Gasteiger partial charge in [-0.15, -0.1) is 0 Å². The Balaban J connectivity index is 1.50. The molecule has 26 heavy (non-hydrogen) atoms. The first kappa shape index (κ1) is 17.1. The lowest BCUT2D eigenvalue weighted by Gasteiger charge is -2.23.